The van der Waals surface area contributed by atoms with Crippen LogP contribution >= 0.6 is 34.8 Å². The van der Waals surface area contributed by atoms with Crippen LogP contribution in [-0.2, 0) is 0 Å². The predicted octanol–water partition coefficient (Wildman–Crippen LogP) is 5.35. The van der Waals surface area contributed by atoms with Gasteiger partial charge in [-0.3, -0.25) is 0 Å². The minimum absolute atomic E-state index is 0.128. The first-order valence-electron chi connectivity index (χ1n) is 5.50. The lowest BCUT2D eigenvalue weighted by Gasteiger charge is -2.17. The Morgan fingerprint density at radius 2 is 1.89 bits per heavy atom. The summed E-state index contributed by atoms with van der Waals surface area (Å²) in [6, 6.07) is 6.14. The summed E-state index contributed by atoms with van der Waals surface area (Å²) in [6.45, 7) is 1.85. The van der Waals surface area contributed by atoms with Gasteiger partial charge in [-0.25, -0.2) is 9.37 Å². The highest BCUT2D eigenvalue weighted by Gasteiger charge is 2.13. The molecule has 19 heavy (non-hydrogen) atoms. The van der Waals surface area contributed by atoms with E-state index < -0.39 is 5.82 Å². The number of nitrogens with one attached hydrogen (secondary N) is 1. The molecule has 100 valence electrons. The van der Waals surface area contributed by atoms with Crippen molar-refractivity contribution in [3.05, 3.63) is 56.9 Å². The maximum atomic E-state index is 13.6. The molecule has 1 heterocycles. The van der Waals surface area contributed by atoms with Gasteiger partial charge in [-0.05, 0) is 30.7 Å². The van der Waals surface area contributed by atoms with Gasteiger partial charge in [0.1, 0.15) is 0 Å². The molecule has 0 amide bonds. The van der Waals surface area contributed by atoms with E-state index in [1.165, 1.54) is 12.3 Å². The fraction of sp³-hybridized carbons (Fsp3) is 0.154. The molecule has 0 saturated carbocycles. The van der Waals surface area contributed by atoms with Crippen molar-refractivity contribution in [1.29, 1.82) is 0 Å². The number of anilines is 1. The maximum Gasteiger partial charge on any atom is 0.166 e. The average Bonchev–Trinajstić information content (AvgIpc) is 2.32. The van der Waals surface area contributed by atoms with Gasteiger partial charge in [-0.1, -0.05) is 40.9 Å². The monoisotopic (exact) mass is 318 g/mol. The van der Waals surface area contributed by atoms with Gasteiger partial charge >= 0.3 is 0 Å². The van der Waals surface area contributed by atoms with Gasteiger partial charge in [0, 0.05) is 16.2 Å². The summed E-state index contributed by atoms with van der Waals surface area (Å²) < 4.78 is 13.6. The molecule has 6 heteroatoms. The van der Waals surface area contributed by atoms with Crippen molar-refractivity contribution in [3.63, 3.8) is 0 Å². The second kappa shape index (κ2) is 5.95. The molecule has 2 aromatic rings. The van der Waals surface area contributed by atoms with Crippen LogP contribution in [0.1, 0.15) is 18.5 Å². The first kappa shape index (κ1) is 14.4. The molecule has 0 aliphatic rings. The first-order valence-corrected chi connectivity index (χ1v) is 6.63. The number of hydrogen-bond acceptors (Lipinski definition) is 2. The first-order chi connectivity index (χ1) is 8.97. The van der Waals surface area contributed by atoms with E-state index in [1.54, 1.807) is 18.2 Å². The lowest BCUT2D eigenvalue weighted by atomic mass is 10.1. The quantitative estimate of drug-likeness (QED) is 0.824. The summed E-state index contributed by atoms with van der Waals surface area (Å²) in [4.78, 5) is 3.90. The molecule has 1 atom stereocenters. The lowest BCUT2D eigenvalue weighted by Crippen LogP contribution is -2.10. The summed E-state index contributed by atoms with van der Waals surface area (Å²) in [5.41, 5.74) is 0.808. The molecule has 1 aromatic heterocycles. The van der Waals surface area contributed by atoms with Gasteiger partial charge in [0.25, 0.3) is 0 Å². The van der Waals surface area contributed by atoms with Gasteiger partial charge in [0.05, 0.1) is 11.1 Å². The standard InChI is InChI=1S/C13H10Cl3FN2/c1-7(10-3-2-8(14)4-11(10)16)19-13-12(17)5-9(15)6-18-13/h2-7H,1H3,(H,18,19). The number of benzene rings is 1. The minimum atomic E-state index is -0.510. The van der Waals surface area contributed by atoms with Crippen LogP contribution in [0.4, 0.5) is 10.2 Å². The third kappa shape index (κ3) is 3.50. The van der Waals surface area contributed by atoms with E-state index in [9.17, 15) is 4.39 Å². The lowest BCUT2D eigenvalue weighted by molar-refractivity contribution is 0.621. The molecule has 2 rings (SSSR count). The number of pyridine rings is 1. The van der Waals surface area contributed by atoms with Gasteiger partial charge in [-0.15, -0.1) is 0 Å². The van der Waals surface area contributed by atoms with Gasteiger partial charge in [-0.2, -0.15) is 0 Å². The SMILES string of the molecule is CC(Nc1ncc(Cl)cc1F)c1ccc(Cl)cc1Cl. The van der Waals surface area contributed by atoms with Crippen LogP contribution in [0, 0.1) is 5.82 Å². The molecular weight excluding hydrogens is 310 g/mol. The Kier molecular flexibility index (Phi) is 4.50. The average molecular weight is 320 g/mol. The van der Waals surface area contributed by atoms with Gasteiger partial charge < -0.3 is 5.32 Å². The molecule has 0 fully saturated rings. The summed E-state index contributed by atoms with van der Waals surface area (Å²) in [5, 5.41) is 4.26. The number of halogens is 4. The van der Waals surface area contributed by atoms with Crippen LogP contribution in [0.3, 0.4) is 0 Å². The molecule has 1 aromatic carbocycles. The van der Waals surface area contributed by atoms with Crippen LogP contribution in [0.5, 0.6) is 0 Å². The van der Waals surface area contributed by atoms with Crippen LogP contribution < -0.4 is 5.32 Å². The van der Waals surface area contributed by atoms with Crippen molar-refractivity contribution in [2.45, 2.75) is 13.0 Å². The van der Waals surface area contributed by atoms with Crippen LogP contribution in [0.2, 0.25) is 15.1 Å². The highest BCUT2D eigenvalue weighted by molar-refractivity contribution is 6.35. The Hall–Kier alpha value is -1.03. The molecule has 0 bridgehead atoms. The van der Waals surface area contributed by atoms with Crippen molar-refractivity contribution >= 4 is 40.6 Å². The highest BCUT2D eigenvalue weighted by Crippen LogP contribution is 2.28. The van der Waals surface area contributed by atoms with Crippen LogP contribution in [-0.4, -0.2) is 4.98 Å². The predicted molar refractivity (Wildman–Crippen MR) is 77.7 cm³/mol. The van der Waals surface area contributed by atoms with E-state index in [0.717, 1.165) is 5.56 Å². The van der Waals surface area contributed by atoms with E-state index in [-0.39, 0.29) is 16.9 Å². The Labute approximate surface area is 125 Å². The third-order valence-corrected chi connectivity index (χ3v) is 3.36. The number of aromatic nitrogens is 1. The van der Waals surface area contributed by atoms with E-state index in [2.05, 4.69) is 10.3 Å². The molecule has 0 saturated heterocycles. The van der Waals surface area contributed by atoms with Crippen molar-refractivity contribution in [1.82, 2.24) is 4.98 Å². The topological polar surface area (TPSA) is 24.9 Å². The molecule has 1 N–H and O–H groups in total. The number of hydrogen-bond donors (Lipinski definition) is 1. The number of nitrogens with zero attached hydrogens (tertiary/aromatic N) is 1. The van der Waals surface area contributed by atoms with E-state index >= 15 is 0 Å². The van der Waals surface area contributed by atoms with Crippen molar-refractivity contribution in [2.24, 2.45) is 0 Å². The Bertz CT molecular complexity index is 604. The molecule has 0 aliphatic carbocycles. The third-order valence-electron chi connectivity index (χ3n) is 2.59. The Morgan fingerprint density at radius 3 is 2.53 bits per heavy atom. The van der Waals surface area contributed by atoms with E-state index in [0.29, 0.717) is 10.0 Å². The largest absolute Gasteiger partial charge is 0.361 e. The molecule has 0 aliphatic heterocycles. The van der Waals surface area contributed by atoms with Crippen molar-refractivity contribution in [2.75, 3.05) is 5.32 Å². The fourth-order valence-electron chi connectivity index (χ4n) is 1.66. The number of rotatable bonds is 3. The maximum absolute atomic E-state index is 13.6. The summed E-state index contributed by atoms with van der Waals surface area (Å²) in [6.07, 6.45) is 1.38. The smallest absolute Gasteiger partial charge is 0.166 e. The zero-order valence-corrected chi connectivity index (χ0v) is 12.2. The van der Waals surface area contributed by atoms with Crippen LogP contribution in [0.15, 0.2) is 30.5 Å². The summed E-state index contributed by atoms with van der Waals surface area (Å²) >= 11 is 17.6. The summed E-state index contributed by atoms with van der Waals surface area (Å²) in [5.74, 6) is -0.382. The van der Waals surface area contributed by atoms with Gasteiger partial charge in [0.15, 0.2) is 11.6 Å². The second-order valence-corrected chi connectivity index (χ2v) is 5.30. The van der Waals surface area contributed by atoms with Gasteiger partial charge in [0.2, 0.25) is 0 Å². The zero-order valence-electron chi connectivity index (χ0n) is 9.92. The van der Waals surface area contributed by atoms with E-state index in [4.69, 9.17) is 34.8 Å². The Morgan fingerprint density at radius 1 is 1.16 bits per heavy atom. The molecular formula is C13H10Cl3FN2. The molecule has 2 nitrogen and oxygen atoms in total. The normalized spacial score (nSPS) is 12.3. The Balaban J connectivity index is 2.23. The highest BCUT2D eigenvalue weighted by atomic mass is 35.5. The van der Waals surface area contributed by atoms with Crippen molar-refractivity contribution < 1.29 is 4.39 Å². The second-order valence-electron chi connectivity index (χ2n) is 4.02. The minimum Gasteiger partial charge on any atom is -0.361 e. The molecule has 0 spiro atoms. The summed E-state index contributed by atoms with van der Waals surface area (Å²) in [7, 11) is 0. The fourth-order valence-corrected chi connectivity index (χ4v) is 2.37. The van der Waals surface area contributed by atoms with E-state index in [1.807, 2.05) is 6.92 Å². The zero-order chi connectivity index (χ0) is 14.0. The molecule has 0 radical (unpaired) electrons. The molecule has 1 unspecified atom stereocenters. The van der Waals surface area contributed by atoms with Crippen molar-refractivity contribution in [3.8, 4) is 0 Å². The van der Waals surface area contributed by atoms with Crippen LogP contribution in [0.25, 0.3) is 0 Å².